The fraction of sp³-hybridized carbons (Fsp3) is 0.273. The first-order valence-electron chi connectivity index (χ1n) is 5.00. The quantitative estimate of drug-likeness (QED) is 0.839. The zero-order chi connectivity index (χ0) is 12.4. The first kappa shape index (κ1) is 11.8. The number of esters is 1. The maximum Gasteiger partial charge on any atom is 0.396 e. The van der Waals surface area contributed by atoms with Crippen LogP contribution in [0.15, 0.2) is 27.4 Å². The van der Waals surface area contributed by atoms with Gasteiger partial charge in [-0.3, -0.25) is 0 Å². The van der Waals surface area contributed by atoms with Crippen LogP contribution in [0, 0.1) is 0 Å². The molecule has 0 aliphatic heterocycles. The number of aliphatic hydroxyl groups is 1. The minimum Gasteiger partial charge on any atom is -0.464 e. The Labute approximate surface area is 100 Å². The third-order valence-corrected chi connectivity index (χ3v) is 2.98. The number of aliphatic hydroxyl groups excluding tert-OH is 1. The first-order chi connectivity index (χ1) is 8.13. The predicted molar refractivity (Wildman–Crippen MR) is 62.0 cm³/mol. The van der Waals surface area contributed by atoms with Crippen molar-refractivity contribution in [2.24, 2.45) is 0 Å². The normalized spacial score (nSPS) is 12.6. The molecule has 6 heteroatoms. The Morgan fingerprint density at radius 1 is 1.59 bits per heavy atom. The van der Waals surface area contributed by atoms with E-state index < -0.39 is 17.0 Å². The van der Waals surface area contributed by atoms with Gasteiger partial charge in [0, 0.05) is 5.56 Å². The largest absolute Gasteiger partial charge is 0.464 e. The van der Waals surface area contributed by atoms with Crippen molar-refractivity contribution in [1.29, 1.82) is 0 Å². The third-order valence-electron chi connectivity index (χ3n) is 2.19. The standard InChI is InChI=1S/C11H10O5S/c1-2-15-10(13)8(12)6-4-3-5-7-9(6)16-11(14)17-7/h3-5,8,12H,2H2,1H3. The van der Waals surface area contributed by atoms with Crippen molar-refractivity contribution in [3.63, 3.8) is 0 Å². The van der Waals surface area contributed by atoms with Crippen molar-refractivity contribution in [2.75, 3.05) is 6.61 Å². The SMILES string of the molecule is CCOC(=O)C(O)c1cccc2sc(=O)oc12. The fourth-order valence-corrected chi connectivity index (χ4v) is 2.18. The van der Waals surface area contributed by atoms with Gasteiger partial charge in [0.2, 0.25) is 0 Å². The van der Waals surface area contributed by atoms with Crippen LogP contribution < -0.4 is 4.94 Å². The molecule has 1 aromatic heterocycles. The van der Waals surface area contributed by atoms with Gasteiger partial charge in [0.15, 0.2) is 11.7 Å². The number of ether oxygens (including phenoxy) is 1. The molecule has 1 N–H and O–H groups in total. The maximum atomic E-state index is 11.4. The zero-order valence-electron chi connectivity index (χ0n) is 9.00. The second kappa shape index (κ2) is 4.68. The number of fused-ring (bicyclic) bond motifs is 1. The number of carbonyl (C=O) groups excluding carboxylic acids is 1. The molecule has 0 spiro atoms. The van der Waals surface area contributed by atoms with Crippen LogP contribution in [0.4, 0.5) is 0 Å². The summed E-state index contributed by atoms with van der Waals surface area (Å²) in [6.07, 6.45) is -1.43. The molecule has 1 aromatic carbocycles. The van der Waals surface area contributed by atoms with E-state index in [1.165, 1.54) is 6.07 Å². The molecule has 5 nitrogen and oxygen atoms in total. The van der Waals surface area contributed by atoms with Crippen molar-refractivity contribution in [3.05, 3.63) is 33.5 Å². The highest BCUT2D eigenvalue weighted by atomic mass is 32.1. The van der Waals surface area contributed by atoms with Crippen molar-refractivity contribution in [1.82, 2.24) is 0 Å². The van der Waals surface area contributed by atoms with E-state index in [4.69, 9.17) is 9.15 Å². The van der Waals surface area contributed by atoms with E-state index >= 15 is 0 Å². The summed E-state index contributed by atoms with van der Waals surface area (Å²) in [4.78, 5) is 22.0. The van der Waals surface area contributed by atoms with Crippen LogP contribution in [0.25, 0.3) is 10.3 Å². The molecule has 0 radical (unpaired) electrons. The van der Waals surface area contributed by atoms with Gasteiger partial charge in [-0.1, -0.05) is 23.5 Å². The van der Waals surface area contributed by atoms with Gasteiger partial charge in [0.25, 0.3) is 0 Å². The Hall–Kier alpha value is -1.66. The highest BCUT2D eigenvalue weighted by Crippen LogP contribution is 2.26. The van der Waals surface area contributed by atoms with E-state index in [-0.39, 0.29) is 17.8 Å². The van der Waals surface area contributed by atoms with Gasteiger partial charge >= 0.3 is 10.9 Å². The molecule has 0 fully saturated rings. The summed E-state index contributed by atoms with van der Waals surface area (Å²) >= 11 is 0.923. The molecule has 0 bridgehead atoms. The van der Waals surface area contributed by atoms with E-state index in [9.17, 15) is 14.7 Å². The molecule has 0 aliphatic rings. The van der Waals surface area contributed by atoms with E-state index in [1.54, 1.807) is 19.1 Å². The van der Waals surface area contributed by atoms with E-state index in [1.807, 2.05) is 0 Å². The van der Waals surface area contributed by atoms with E-state index in [2.05, 4.69) is 0 Å². The predicted octanol–water partition coefficient (Wildman–Crippen LogP) is 1.45. The molecule has 2 rings (SSSR count). The number of benzene rings is 1. The van der Waals surface area contributed by atoms with Crippen molar-refractivity contribution < 1.29 is 19.1 Å². The van der Waals surface area contributed by atoms with Gasteiger partial charge < -0.3 is 14.3 Å². The van der Waals surface area contributed by atoms with Gasteiger partial charge in [-0.05, 0) is 13.0 Å². The average molecular weight is 254 g/mol. The molecular formula is C11H10O5S. The molecule has 90 valence electrons. The summed E-state index contributed by atoms with van der Waals surface area (Å²) in [5, 5.41) is 9.80. The minimum atomic E-state index is -1.43. The Morgan fingerprint density at radius 2 is 2.35 bits per heavy atom. The zero-order valence-corrected chi connectivity index (χ0v) is 9.82. The number of rotatable bonds is 3. The molecular weight excluding hydrogens is 244 g/mol. The number of hydrogen-bond acceptors (Lipinski definition) is 6. The minimum absolute atomic E-state index is 0.180. The van der Waals surface area contributed by atoms with Gasteiger partial charge in [-0.2, -0.15) is 0 Å². The molecule has 0 saturated heterocycles. The summed E-state index contributed by atoms with van der Waals surface area (Å²) < 4.78 is 10.2. The summed E-state index contributed by atoms with van der Waals surface area (Å²) in [6.45, 7) is 1.83. The van der Waals surface area contributed by atoms with Crippen LogP contribution in [0.1, 0.15) is 18.6 Å². The molecule has 1 unspecified atom stereocenters. The highest BCUT2D eigenvalue weighted by Gasteiger charge is 2.22. The third kappa shape index (κ3) is 2.22. The summed E-state index contributed by atoms with van der Waals surface area (Å²) in [6, 6.07) is 4.86. The van der Waals surface area contributed by atoms with Gasteiger partial charge in [0.1, 0.15) is 0 Å². The molecule has 1 heterocycles. The second-order valence-corrected chi connectivity index (χ2v) is 4.26. The van der Waals surface area contributed by atoms with Gasteiger partial charge in [-0.15, -0.1) is 0 Å². The van der Waals surface area contributed by atoms with Crippen LogP contribution in [0.2, 0.25) is 0 Å². The van der Waals surface area contributed by atoms with Gasteiger partial charge in [-0.25, -0.2) is 9.59 Å². The molecule has 1 atom stereocenters. The first-order valence-corrected chi connectivity index (χ1v) is 5.82. The summed E-state index contributed by atoms with van der Waals surface area (Å²) in [5.41, 5.74) is 0.488. The Kier molecular flexibility index (Phi) is 3.26. The molecule has 0 saturated carbocycles. The van der Waals surface area contributed by atoms with Crippen molar-refractivity contribution in [2.45, 2.75) is 13.0 Å². The topological polar surface area (TPSA) is 76.7 Å². The number of hydrogen-bond donors (Lipinski definition) is 1. The number of carbonyl (C=O) groups is 1. The van der Waals surface area contributed by atoms with E-state index in [0.29, 0.717) is 4.70 Å². The smallest absolute Gasteiger partial charge is 0.396 e. The van der Waals surface area contributed by atoms with Gasteiger partial charge in [0.05, 0.1) is 11.3 Å². The second-order valence-electron chi connectivity index (χ2n) is 3.28. The lowest BCUT2D eigenvalue weighted by molar-refractivity contribution is -0.153. The summed E-state index contributed by atoms with van der Waals surface area (Å²) in [7, 11) is 0. The van der Waals surface area contributed by atoms with E-state index in [0.717, 1.165) is 11.3 Å². The Morgan fingerprint density at radius 3 is 3.06 bits per heavy atom. The van der Waals surface area contributed by atoms with Crippen LogP contribution in [-0.4, -0.2) is 17.7 Å². The lowest BCUT2D eigenvalue weighted by Crippen LogP contribution is -2.15. The fourth-order valence-electron chi connectivity index (χ4n) is 1.48. The molecule has 2 aromatic rings. The van der Waals surface area contributed by atoms with Crippen LogP contribution in [0.5, 0.6) is 0 Å². The maximum absolute atomic E-state index is 11.4. The number of para-hydroxylation sites is 1. The lowest BCUT2D eigenvalue weighted by atomic mass is 10.1. The highest BCUT2D eigenvalue weighted by molar-refractivity contribution is 7.16. The van der Waals surface area contributed by atoms with Crippen LogP contribution in [-0.2, 0) is 9.53 Å². The molecule has 17 heavy (non-hydrogen) atoms. The molecule has 0 amide bonds. The van der Waals surface area contributed by atoms with Crippen molar-refractivity contribution in [3.8, 4) is 0 Å². The molecule has 0 aliphatic carbocycles. The van der Waals surface area contributed by atoms with Crippen LogP contribution >= 0.6 is 11.3 Å². The average Bonchev–Trinajstić information content (AvgIpc) is 2.68. The summed E-state index contributed by atoms with van der Waals surface area (Å²) in [5.74, 6) is -0.756. The Bertz CT molecular complexity index is 597. The monoisotopic (exact) mass is 254 g/mol. The lowest BCUT2D eigenvalue weighted by Gasteiger charge is -2.09. The Balaban J connectivity index is 2.47. The van der Waals surface area contributed by atoms with Crippen molar-refractivity contribution >= 4 is 27.6 Å². The van der Waals surface area contributed by atoms with Crippen LogP contribution in [0.3, 0.4) is 0 Å².